The molecule has 2 atom stereocenters. The van der Waals surface area contributed by atoms with Crippen LogP contribution in [-0.4, -0.2) is 17.3 Å². The minimum atomic E-state index is -0.388. The van der Waals surface area contributed by atoms with Gasteiger partial charge in [-0.1, -0.05) is 60.7 Å². The predicted octanol–water partition coefficient (Wildman–Crippen LogP) is 3.05. The Hall–Kier alpha value is -2.50. The molecule has 0 aliphatic rings. The van der Waals surface area contributed by atoms with E-state index in [2.05, 4.69) is 10.2 Å². The van der Waals surface area contributed by atoms with Crippen molar-refractivity contribution in [2.24, 2.45) is 5.73 Å². The summed E-state index contributed by atoms with van der Waals surface area (Å²) >= 11 is 0. The summed E-state index contributed by atoms with van der Waals surface area (Å²) in [6.45, 7) is 0. The second-order valence-corrected chi connectivity index (χ2v) is 5.30. The third-order valence-electron chi connectivity index (χ3n) is 3.63. The largest absolute Gasteiger partial charge is 0.420 e. The number of methoxy groups -OCH3 is 1. The first-order valence-corrected chi connectivity index (χ1v) is 7.48. The average molecular weight is 309 g/mol. The fraction of sp³-hybridized carbons (Fsp3) is 0.222. The predicted molar refractivity (Wildman–Crippen MR) is 86.7 cm³/mol. The molecule has 23 heavy (non-hydrogen) atoms. The maximum absolute atomic E-state index is 6.18. The molecule has 0 saturated carbocycles. The Bertz CT molecular complexity index is 728. The lowest BCUT2D eigenvalue weighted by Crippen LogP contribution is -2.13. The summed E-state index contributed by atoms with van der Waals surface area (Å²) in [5.74, 6) is 0.832. The molecule has 1 heterocycles. The quantitative estimate of drug-likeness (QED) is 0.757. The first kappa shape index (κ1) is 15.4. The Morgan fingerprint density at radius 1 is 0.957 bits per heavy atom. The van der Waals surface area contributed by atoms with E-state index in [0.717, 1.165) is 11.1 Å². The van der Waals surface area contributed by atoms with Crippen molar-refractivity contribution < 1.29 is 9.15 Å². The molecule has 118 valence electrons. The Kier molecular flexibility index (Phi) is 4.80. The number of aromatic nitrogens is 2. The zero-order valence-electron chi connectivity index (χ0n) is 12.9. The summed E-state index contributed by atoms with van der Waals surface area (Å²) in [5, 5.41) is 8.19. The minimum absolute atomic E-state index is 0.341. The van der Waals surface area contributed by atoms with Gasteiger partial charge in [0.2, 0.25) is 11.8 Å². The van der Waals surface area contributed by atoms with Crippen LogP contribution in [0.1, 0.15) is 35.1 Å². The van der Waals surface area contributed by atoms with Gasteiger partial charge in [0, 0.05) is 7.11 Å². The molecule has 0 aliphatic carbocycles. The summed E-state index contributed by atoms with van der Waals surface area (Å²) in [7, 11) is 1.62. The first-order valence-electron chi connectivity index (χ1n) is 7.48. The second kappa shape index (κ2) is 7.17. The van der Waals surface area contributed by atoms with Crippen LogP contribution >= 0.6 is 0 Å². The highest BCUT2D eigenvalue weighted by Gasteiger charge is 2.22. The molecule has 0 fully saturated rings. The average Bonchev–Trinajstić information content (AvgIpc) is 3.07. The molecule has 2 unspecified atom stereocenters. The Morgan fingerprint density at radius 2 is 1.57 bits per heavy atom. The van der Waals surface area contributed by atoms with Gasteiger partial charge >= 0.3 is 0 Å². The highest BCUT2D eigenvalue weighted by atomic mass is 16.5. The zero-order valence-corrected chi connectivity index (χ0v) is 12.9. The van der Waals surface area contributed by atoms with Gasteiger partial charge in [0.05, 0.1) is 6.04 Å². The number of hydrogen-bond donors (Lipinski definition) is 1. The van der Waals surface area contributed by atoms with Crippen LogP contribution in [0.4, 0.5) is 0 Å². The maximum Gasteiger partial charge on any atom is 0.249 e. The van der Waals surface area contributed by atoms with Crippen LogP contribution in [-0.2, 0) is 11.2 Å². The van der Waals surface area contributed by atoms with Gasteiger partial charge < -0.3 is 14.9 Å². The van der Waals surface area contributed by atoms with E-state index >= 15 is 0 Å². The molecule has 0 amide bonds. The van der Waals surface area contributed by atoms with E-state index in [9.17, 15) is 0 Å². The molecular weight excluding hydrogens is 290 g/mol. The van der Waals surface area contributed by atoms with Crippen molar-refractivity contribution in [1.82, 2.24) is 10.2 Å². The SMILES string of the molecule is COC(c1ccccc1)c1nnc(C(N)Cc2ccccc2)o1. The van der Waals surface area contributed by atoms with E-state index in [1.807, 2.05) is 60.7 Å². The molecule has 1 aromatic heterocycles. The molecule has 2 aromatic carbocycles. The number of nitrogens with zero attached hydrogens (tertiary/aromatic N) is 2. The summed E-state index contributed by atoms with van der Waals surface area (Å²) in [6.07, 6.45) is 0.257. The van der Waals surface area contributed by atoms with E-state index in [1.54, 1.807) is 7.11 Å². The number of benzene rings is 2. The molecule has 3 aromatic rings. The van der Waals surface area contributed by atoms with Crippen LogP contribution in [0.2, 0.25) is 0 Å². The molecule has 2 N–H and O–H groups in total. The molecule has 0 saturated heterocycles. The molecule has 0 aliphatic heterocycles. The number of hydrogen-bond acceptors (Lipinski definition) is 5. The normalized spacial score (nSPS) is 13.7. The Morgan fingerprint density at radius 3 is 2.22 bits per heavy atom. The molecular formula is C18H19N3O2. The fourth-order valence-electron chi connectivity index (χ4n) is 2.46. The molecule has 0 bridgehead atoms. The van der Waals surface area contributed by atoms with E-state index in [0.29, 0.717) is 18.2 Å². The monoisotopic (exact) mass is 309 g/mol. The van der Waals surface area contributed by atoms with E-state index in [1.165, 1.54) is 0 Å². The van der Waals surface area contributed by atoms with Gasteiger partial charge in [0.1, 0.15) is 0 Å². The summed E-state index contributed by atoms with van der Waals surface area (Å²) in [6, 6.07) is 19.4. The van der Waals surface area contributed by atoms with Crippen LogP contribution in [0.15, 0.2) is 65.1 Å². The number of ether oxygens (including phenoxy) is 1. The highest BCUT2D eigenvalue weighted by molar-refractivity contribution is 5.22. The zero-order chi connectivity index (χ0) is 16.1. The first-order chi connectivity index (χ1) is 11.3. The minimum Gasteiger partial charge on any atom is -0.420 e. The van der Waals surface area contributed by atoms with E-state index < -0.39 is 0 Å². The van der Waals surface area contributed by atoms with Gasteiger partial charge in [-0.2, -0.15) is 0 Å². The summed E-state index contributed by atoms with van der Waals surface area (Å²) < 4.78 is 11.2. The molecule has 5 nitrogen and oxygen atoms in total. The van der Waals surface area contributed by atoms with Crippen molar-refractivity contribution in [3.8, 4) is 0 Å². The van der Waals surface area contributed by atoms with Crippen LogP contribution in [0, 0.1) is 0 Å². The summed E-state index contributed by atoms with van der Waals surface area (Å²) in [5.41, 5.74) is 8.27. The van der Waals surface area contributed by atoms with Crippen LogP contribution in [0.3, 0.4) is 0 Å². The third-order valence-corrected chi connectivity index (χ3v) is 3.63. The lowest BCUT2D eigenvalue weighted by atomic mass is 10.1. The van der Waals surface area contributed by atoms with Crippen LogP contribution in [0.5, 0.6) is 0 Å². The van der Waals surface area contributed by atoms with Crippen molar-refractivity contribution in [1.29, 1.82) is 0 Å². The molecule has 0 spiro atoms. The third kappa shape index (κ3) is 3.64. The van der Waals surface area contributed by atoms with Gasteiger partial charge in [-0.15, -0.1) is 10.2 Å². The van der Waals surface area contributed by atoms with E-state index in [-0.39, 0.29) is 12.1 Å². The summed E-state index contributed by atoms with van der Waals surface area (Å²) in [4.78, 5) is 0. The smallest absolute Gasteiger partial charge is 0.249 e. The number of nitrogens with two attached hydrogens (primary N) is 1. The topological polar surface area (TPSA) is 74.2 Å². The molecule has 0 radical (unpaired) electrons. The van der Waals surface area contributed by atoms with Crippen molar-refractivity contribution >= 4 is 0 Å². The second-order valence-electron chi connectivity index (χ2n) is 5.30. The maximum atomic E-state index is 6.18. The fourth-order valence-corrected chi connectivity index (χ4v) is 2.46. The Balaban J connectivity index is 1.77. The molecule has 5 heteroatoms. The van der Waals surface area contributed by atoms with Crippen molar-refractivity contribution in [2.45, 2.75) is 18.6 Å². The number of rotatable bonds is 6. The van der Waals surface area contributed by atoms with Gasteiger partial charge in [-0.3, -0.25) is 0 Å². The Labute approximate surface area is 135 Å². The van der Waals surface area contributed by atoms with Gasteiger partial charge in [-0.25, -0.2) is 0 Å². The van der Waals surface area contributed by atoms with Gasteiger partial charge in [-0.05, 0) is 17.5 Å². The lowest BCUT2D eigenvalue weighted by Gasteiger charge is -2.11. The standard InChI is InChI=1S/C18H19N3O2/c1-22-16(14-10-6-3-7-11-14)18-21-20-17(23-18)15(19)12-13-8-4-2-5-9-13/h2-11,15-16H,12,19H2,1H3. The van der Waals surface area contributed by atoms with Gasteiger partial charge in [0.25, 0.3) is 0 Å². The molecule has 3 rings (SSSR count). The van der Waals surface area contributed by atoms with Crippen molar-refractivity contribution in [2.75, 3.05) is 7.11 Å². The lowest BCUT2D eigenvalue weighted by molar-refractivity contribution is 0.110. The highest BCUT2D eigenvalue weighted by Crippen LogP contribution is 2.25. The van der Waals surface area contributed by atoms with Crippen LogP contribution < -0.4 is 5.73 Å². The van der Waals surface area contributed by atoms with Crippen molar-refractivity contribution in [3.05, 3.63) is 83.6 Å². The van der Waals surface area contributed by atoms with Crippen molar-refractivity contribution in [3.63, 3.8) is 0 Å². The van der Waals surface area contributed by atoms with E-state index in [4.69, 9.17) is 14.9 Å². The van der Waals surface area contributed by atoms with Gasteiger partial charge in [0.15, 0.2) is 6.10 Å². The van der Waals surface area contributed by atoms with Crippen LogP contribution in [0.25, 0.3) is 0 Å².